The van der Waals surface area contributed by atoms with Gasteiger partial charge in [-0.2, -0.15) is 0 Å². The van der Waals surface area contributed by atoms with Crippen molar-refractivity contribution in [3.63, 3.8) is 0 Å². The first-order chi connectivity index (χ1) is 13.0. The molecule has 1 fully saturated rings. The van der Waals surface area contributed by atoms with Gasteiger partial charge in [-0.25, -0.2) is 5.48 Å². The maximum atomic E-state index is 13.0. The molecule has 0 saturated carbocycles. The molecule has 2 N–H and O–H groups in total. The molecule has 0 unspecified atom stereocenters. The normalized spacial score (nSPS) is 16.4. The van der Waals surface area contributed by atoms with Crippen molar-refractivity contribution >= 4 is 11.8 Å². The molecule has 1 aromatic rings. The van der Waals surface area contributed by atoms with Gasteiger partial charge in [0.05, 0.1) is 6.04 Å². The third kappa shape index (κ3) is 6.96. The lowest BCUT2D eigenvalue weighted by atomic mass is 9.91. The summed E-state index contributed by atoms with van der Waals surface area (Å²) in [6.45, 7) is 1.59. The summed E-state index contributed by atoms with van der Waals surface area (Å²) in [5.41, 5.74) is 2.94. The number of likely N-dealkylation sites (tertiary alicyclic amines) is 1. The Labute approximate surface area is 162 Å². The Bertz CT molecular complexity index is 584. The summed E-state index contributed by atoms with van der Waals surface area (Å²) in [5, 5.41) is 8.53. The fraction of sp³-hybridized carbons (Fsp3) is 0.619. The second-order valence-electron chi connectivity index (χ2n) is 7.70. The lowest BCUT2D eigenvalue weighted by Crippen LogP contribution is -2.49. The molecule has 1 aromatic carbocycles. The van der Waals surface area contributed by atoms with Crippen LogP contribution in [0.4, 0.5) is 0 Å². The van der Waals surface area contributed by atoms with Gasteiger partial charge in [0.1, 0.15) is 0 Å². The van der Waals surface area contributed by atoms with E-state index in [0.717, 1.165) is 51.6 Å². The predicted octanol–water partition coefficient (Wildman–Crippen LogP) is 2.46. The van der Waals surface area contributed by atoms with Gasteiger partial charge in [0.15, 0.2) is 0 Å². The molecule has 6 heteroatoms. The number of hydrogen-bond acceptors (Lipinski definition) is 4. The standard InChI is InChI=1S/C21H33N3O3/c1-23(2)19(12-11-17-7-4-3-5-8-17)21(26)24-15-13-18(14-16-24)9-6-10-20(25)22-27/h3-5,7-8,18-19,27H,6,9-16H2,1-2H3,(H,22,25)/t19-/m0/s1. The number of piperidine rings is 1. The fourth-order valence-corrected chi connectivity index (χ4v) is 3.81. The lowest BCUT2D eigenvalue weighted by Gasteiger charge is -2.36. The summed E-state index contributed by atoms with van der Waals surface area (Å²) >= 11 is 0. The van der Waals surface area contributed by atoms with Crippen LogP contribution in [0.2, 0.25) is 0 Å². The number of carbonyl (C=O) groups excluding carboxylic acids is 2. The Morgan fingerprint density at radius 3 is 2.48 bits per heavy atom. The van der Waals surface area contributed by atoms with Gasteiger partial charge < -0.3 is 4.90 Å². The van der Waals surface area contributed by atoms with Crippen LogP contribution in [0, 0.1) is 5.92 Å². The Kier molecular flexibility index (Phi) is 8.75. The number of aryl methyl sites for hydroxylation is 1. The molecule has 1 atom stereocenters. The van der Waals surface area contributed by atoms with Crippen LogP contribution in [-0.4, -0.2) is 60.0 Å². The minimum Gasteiger partial charge on any atom is -0.341 e. The maximum Gasteiger partial charge on any atom is 0.243 e. The molecule has 0 radical (unpaired) electrons. The van der Waals surface area contributed by atoms with Gasteiger partial charge in [-0.15, -0.1) is 0 Å². The van der Waals surface area contributed by atoms with Crippen molar-refractivity contribution < 1.29 is 14.8 Å². The van der Waals surface area contributed by atoms with Gasteiger partial charge in [-0.05, 0) is 64.1 Å². The first-order valence-corrected chi connectivity index (χ1v) is 9.93. The molecule has 27 heavy (non-hydrogen) atoms. The van der Waals surface area contributed by atoms with Crippen molar-refractivity contribution in [3.8, 4) is 0 Å². The van der Waals surface area contributed by atoms with E-state index in [1.165, 1.54) is 5.56 Å². The summed E-state index contributed by atoms with van der Waals surface area (Å²) < 4.78 is 0. The number of likely N-dealkylation sites (N-methyl/N-ethyl adjacent to an activating group) is 1. The Balaban J connectivity index is 1.78. The van der Waals surface area contributed by atoms with E-state index in [9.17, 15) is 9.59 Å². The van der Waals surface area contributed by atoms with E-state index in [1.807, 2.05) is 42.1 Å². The second-order valence-corrected chi connectivity index (χ2v) is 7.70. The predicted molar refractivity (Wildman–Crippen MR) is 105 cm³/mol. The van der Waals surface area contributed by atoms with Gasteiger partial charge in [0.25, 0.3) is 0 Å². The average Bonchev–Trinajstić information content (AvgIpc) is 2.69. The number of hydroxylamine groups is 1. The average molecular weight is 376 g/mol. The molecule has 6 nitrogen and oxygen atoms in total. The van der Waals surface area contributed by atoms with E-state index in [2.05, 4.69) is 12.1 Å². The Hall–Kier alpha value is -1.92. The van der Waals surface area contributed by atoms with Crippen LogP contribution in [0.25, 0.3) is 0 Å². The summed E-state index contributed by atoms with van der Waals surface area (Å²) in [5.74, 6) is 0.464. The van der Waals surface area contributed by atoms with E-state index in [0.29, 0.717) is 12.3 Å². The number of rotatable bonds is 9. The van der Waals surface area contributed by atoms with Crippen molar-refractivity contribution in [2.75, 3.05) is 27.2 Å². The number of amides is 2. The highest BCUT2D eigenvalue weighted by Crippen LogP contribution is 2.24. The third-order valence-corrected chi connectivity index (χ3v) is 5.52. The minimum absolute atomic E-state index is 0.0880. The van der Waals surface area contributed by atoms with Crippen molar-refractivity contribution in [2.45, 2.75) is 51.0 Å². The maximum absolute atomic E-state index is 13.0. The van der Waals surface area contributed by atoms with Crippen molar-refractivity contribution in [1.29, 1.82) is 0 Å². The fourth-order valence-electron chi connectivity index (χ4n) is 3.81. The van der Waals surface area contributed by atoms with Crippen LogP contribution in [0.15, 0.2) is 30.3 Å². The van der Waals surface area contributed by atoms with Gasteiger partial charge >= 0.3 is 0 Å². The monoisotopic (exact) mass is 375 g/mol. The van der Waals surface area contributed by atoms with Crippen molar-refractivity contribution in [2.24, 2.45) is 5.92 Å². The molecule has 2 rings (SSSR count). The summed E-state index contributed by atoms with van der Waals surface area (Å²) in [6.07, 6.45) is 5.82. The van der Waals surface area contributed by atoms with E-state index in [-0.39, 0.29) is 17.9 Å². The third-order valence-electron chi connectivity index (χ3n) is 5.52. The molecular weight excluding hydrogens is 342 g/mol. The molecule has 0 aliphatic carbocycles. The molecule has 0 bridgehead atoms. The number of nitrogens with zero attached hydrogens (tertiary/aromatic N) is 2. The topological polar surface area (TPSA) is 72.9 Å². The lowest BCUT2D eigenvalue weighted by molar-refractivity contribution is -0.137. The van der Waals surface area contributed by atoms with E-state index in [1.54, 1.807) is 5.48 Å². The molecule has 1 aliphatic heterocycles. The van der Waals surface area contributed by atoms with Crippen LogP contribution in [0.5, 0.6) is 0 Å². The van der Waals surface area contributed by atoms with Crippen LogP contribution in [0.1, 0.15) is 44.1 Å². The van der Waals surface area contributed by atoms with E-state index >= 15 is 0 Å². The van der Waals surface area contributed by atoms with Crippen LogP contribution >= 0.6 is 0 Å². The largest absolute Gasteiger partial charge is 0.341 e. The minimum atomic E-state index is -0.324. The molecule has 0 spiro atoms. The molecule has 0 aromatic heterocycles. The van der Waals surface area contributed by atoms with E-state index in [4.69, 9.17) is 5.21 Å². The number of benzene rings is 1. The Morgan fingerprint density at radius 2 is 1.89 bits per heavy atom. The second kappa shape index (κ2) is 11.0. The molecule has 1 heterocycles. The number of carbonyl (C=O) groups is 2. The summed E-state index contributed by atoms with van der Waals surface area (Å²) in [7, 11) is 3.96. The summed E-state index contributed by atoms with van der Waals surface area (Å²) in [4.78, 5) is 28.1. The zero-order valence-corrected chi connectivity index (χ0v) is 16.6. The van der Waals surface area contributed by atoms with Gasteiger partial charge in [-0.1, -0.05) is 30.3 Å². The van der Waals surface area contributed by atoms with Gasteiger partial charge in [0, 0.05) is 19.5 Å². The highest BCUT2D eigenvalue weighted by atomic mass is 16.5. The Morgan fingerprint density at radius 1 is 1.22 bits per heavy atom. The number of hydrogen-bond donors (Lipinski definition) is 2. The first-order valence-electron chi connectivity index (χ1n) is 9.93. The van der Waals surface area contributed by atoms with Crippen molar-refractivity contribution in [3.05, 3.63) is 35.9 Å². The smallest absolute Gasteiger partial charge is 0.243 e. The zero-order valence-electron chi connectivity index (χ0n) is 16.6. The molecule has 150 valence electrons. The van der Waals surface area contributed by atoms with Crippen LogP contribution < -0.4 is 5.48 Å². The SMILES string of the molecule is CN(C)[C@@H](CCc1ccccc1)C(=O)N1CCC(CCCC(=O)NO)CC1. The quantitative estimate of drug-likeness (QED) is 0.514. The molecule has 1 aliphatic rings. The highest BCUT2D eigenvalue weighted by molar-refractivity contribution is 5.82. The van der Waals surface area contributed by atoms with Crippen molar-refractivity contribution in [1.82, 2.24) is 15.3 Å². The van der Waals surface area contributed by atoms with Crippen LogP contribution in [0.3, 0.4) is 0 Å². The van der Waals surface area contributed by atoms with Gasteiger partial charge in [0.2, 0.25) is 11.8 Å². The van der Waals surface area contributed by atoms with E-state index < -0.39 is 0 Å². The number of nitrogens with one attached hydrogen (secondary N) is 1. The molecule has 2 amide bonds. The van der Waals surface area contributed by atoms with Gasteiger partial charge in [-0.3, -0.25) is 19.7 Å². The van der Waals surface area contributed by atoms with Crippen LogP contribution in [-0.2, 0) is 16.0 Å². The first kappa shape index (κ1) is 21.4. The molecular formula is C21H33N3O3. The highest BCUT2D eigenvalue weighted by Gasteiger charge is 2.29. The summed E-state index contributed by atoms with van der Waals surface area (Å²) in [6, 6.07) is 10.2. The molecule has 1 saturated heterocycles. The zero-order chi connectivity index (χ0) is 19.6.